The fraction of sp³-hybridized carbons (Fsp3) is 0.400. The van der Waals surface area contributed by atoms with Crippen LogP contribution in [0.15, 0.2) is 29.0 Å². The summed E-state index contributed by atoms with van der Waals surface area (Å²) in [5.74, 6) is 0.0532. The van der Waals surface area contributed by atoms with E-state index < -0.39 is 0 Å². The zero-order valence-electron chi connectivity index (χ0n) is 11.0. The molecule has 3 rings (SSSR count). The van der Waals surface area contributed by atoms with E-state index >= 15 is 0 Å². The Labute approximate surface area is 116 Å². The number of carbonyl (C=O) groups excluding carboxylic acids is 1. The summed E-state index contributed by atoms with van der Waals surface area (Å²) in [7, 11) is 0. The zero-order chi connectivity index (χ0) is 13.9. The van der Waals surface area contributed by atoms with Crippen molar-refractivity contribution < 1.29 is 9.21 Å². The Bertz CT molecular complexity index is 663. The Hall–Kier alpha value is -2.35. The summed E-state index contributed by atoms with van der Waals surface area (Å²) in [6, 6.07) is 7.70. The van der Waals surface area contributed by atoms with Crippen molar-refractivity contribution >= 4 is 17.0 Å². The molecule has 0 atom stereocenters. The van der Waals surface area contributed by atoms with E-state index in [4.69, 9.17) is 9.68 Å². The van der Waals surface area contributed by atoms with E-state index in [1.54, 1.807) is 18.2 Å². The van der Waals surface area contributed by atoms with Crippen LogP contribution in [0.2, 0.25) is 0 Å². The minimum Gasteiger partial charge on any atom is -0.443 e. The molecular weight excluding hydrogens is 254 g/mol. The second kappa shape index (κ2) is 5.33. The second-order valence-electron chi connectivity index (χ2n) is 5.19. The van der Waals surface area contributed by atoms with Gasteiger partial charge in [-0.3, -0.25) is 4.79 Å². The van der Waals surface area contributed by atoms with Crippen molar-refractivity contribution in [2.45, 2.75) is 31.7 Å². The molecule has 1 amide bonds. The molecule has 0 unspecified atom stereocenters. The Morgan fingerprint density at radius 2 is 2.15 bits per heavy atom. The Balaban J connectivity index is 1.66. The van der Waals surface area contributed by atoms with Gasteiger partial charge in [0.25, 0.3) is 5.91 Å². The third-order valence-electron chi connectivity index (χ3n) is 3.84. The second-order valence-corrected chi connectivity index (χ2v) is 5.19. The average molecular weight is 269 g/mol. The van der Waals surface area contributed by atoms with Crippen molar-refractivity contribution in [1.82, 2.24) is 10.3 Å². The van der Waals surface area contributed by atoms with Crippen LogP contribution >= 0.6 is 0 Å². The first kappa shape index (κ1) is 12.7. The number of oxazole rings is 1. The minimum absolute atomic E-state index is 0.0938. The van der Waals surface area contributed by atoms with Gasteiger partial charge in [0, 0.05) is 17.5 Å². The molecule has 1 aromatic heterocycles. The van der Waals surface area contributed by atoms with Crippen molar-refractivity contribution in [3.63, 3.8) is 0 Å². The zero-order valence-corrected chi connectivity index (χ0v) is 11.0. The number of aromatic nitrogens is 1. The predicted octanol–water partition coefficient (Wildman–Crippen LogP) is 2.64. The van der Waals surface area contributed by atoms with Crippen LogP contribution < -0.4 is 5.32 Å². The van der Waals surface area contributed by atoms with Gasteiger partial charge in [0.05, 0.1) is 6.07 Å². The van der Waals surface area contributed by atoms with Gasteiger partial charge in [0.2, 0.25) is 0 Å². The highest BCUT2D eigenvalue weighted by Crippen LogP contribution is 2.24. The molecule has 2 aromatic rings. The van der Waals surface area contributed by atoms with Crippen LogP contribution in [-0.4, -0.2) is 16.9 Å². The summed E-state index contributed by atoms with van der Waals surface area (Å²) in [5, 5.41) is 11.9. The first-order chi connectivity index (χ1) is 9.76. The van der Waals surface area contributed by atoms with Gasteiger partial charge < -0.3 is 9.73 Å². The van der Waals surface area contributed by atoms with Gasteiger partial charge in [-0.05, 0) is 43.9 Å². The van der Waals surface area contributed by atoms with Crippen molar-refractivity contribution in [3.8, 4) is 6.07 Å². The standard InChI is InChI=1S/C15H15N3O2/c16-8-10-1-4-12(5-2-10)18-15(19)11-3-6-13-14(7-11)20-9-17-13/h3,6-7,9-10,12H,1-2,4-5H2,(H,18,19). The topological polar surface area (TPSA) is 78.9 Å². The summed E-state index contributed by atoms with van der Waals surface area (Å²) in [4.78, 5) is 16.2. The molecule has 5 nitrogen and oxygen atoms in total. The van der Waals surface area contributed by atoms with E-state index in [0.717, 1.165) is 31.2 Å². The molecule has 0 bridgehead atoms. The average Bonchev–Trinajstić information content (AvgIpc) is 2.95. The van der Waals surface area contributed by atoms with Crippen LogP contribution in [0.1, 0.15) is 36.0 Å². The summed E-state index contributed by atoms with van der Waals surface area (Å²) < 4.78 is 5.20. The van der Waals surface area contributed by atoms with E-state index in [9.17, 15) is 4.79 Å². The summed E-state index contributed by atoms with van der Waals surface area (Å²) >= 11 is 0. The maximum absolute atomic E-state index is 12.2. The Kier molecular flexibility index (Phi) is 3.38. The third-order valence-corrected chi connectivity index (χ3v) is 3.84. The van der Waals surface area contributed by atoms with E-state index in [-0.39, 0.29) is 17.9 Å². The minimum atomic E-state index is -0.0938. The van der Waals surface area contributed by atoms with Gasteiger partial charge in [-0.1, -0.05) is 0 Å². The number of rotatable bonds is 2. The van der Waals surface area contributed by atoms with Crippen LogP contribution in [-0.2, 0) is 0 Å². The normalized spacial score (nSPS) is 22.4. The molecule has 5 heteroatoms. The number of hydrogen-bond acceptors (Lipinski definition) is 4. The quantitative estimate of drug-likeness (QED) is 0.909. The Morgan fingerprint density at radius 3 is 2.90 bits per heavy atom. The molecule has 1 N–H and O–H groups in total. The smallest absolute Gasteiger partial charge is 0.251 e. The molecule has 0 aliphatic heterocycles. The molecule has 1 aliphatic rings. The molecule has 1 aliphatic carbocycles. The van der Waals surface area contributed by atoms with Crippen molar-refractivity contribution in [1.29, 1.82) is 5.26 Å². The van der Waals surface area contributed by atoms with E-state index in [2.05, 4.69) is 16.4 Å². The van der Waals surface area contributed by atoms with Gasteiger partial charge in [0.15, 0.2) is 12.0 Å². The largest absolute Gasteiger partial charge is 0.443 e. The van der Waals surface area contributed by atoms with E-state index in [1.165, 1.54) is 6.39 Å². The fourth-order valence-electron chi connectivity index (χ4n) is 2.63. The first-order valence-corrected chi connectivity index (χ1v) is 6.80. The highest BCUT2D eigenvalue weighted by atomic mass is 16.3. The first-order valence-electron chi connectivity index (χ1n) is 6.80. The van der Waals surface area contributed by atoms with E-state index in [0.29, 0.717) is 11.1 Å². The molecule has 1 aromatic carbocycles. The number of benzene rings is 1. The SMILES string of the molecule is N#CC1CCC(NC(=O)c2ccc3ncoc3c2)CC1. The number of fused-ring (bicyclic) bond motifs is 1. The highest BCUT2D eigenvalue weighted by Gasteiger charge is 2.22. The molecule has 1 fully saturated rings. The van der Waals surface area contributed by atoms with Gasteiger partial charge in [-0.15, -0.1) is 0 Å². The molecule has 0 spiro atoms. The number of nitriles is 1. The van der Waals surface area contributed by atoms with E-state index in [1.807, 2.05) is 0 Å². The van der Waals surface area contributed by atoms with Crippen LogP contribution in [0, 0.1) is 17.2 Å². The molecule has 1 heterocycles. The van der Waals surface area contributed by atoms with Crippen LogP contribution in [0.4, 0.5) is 0 Å². The Morgan fingerprint density at radius 1 is 1.35 bits per heavy atom. The highest BCUT2D eigenvalue weighted by molar-refractivity contribution is 5.97. The lowest BCUT2D eigenvalue weighted by atomic mass is 9.87. The number of amides is 1. The predicted molar refractivity (Wildman–Crippen MR) is 72.8 cm³/mol. The van der Waals surface area contributed by atoms with Crippen LogP contribution in [0.3, 0.4) is 0 Å². The molecule has 102 valence electrons. The summed E-state index contributed by atoms with van der Waals surface area (Å²) in [6.07, 6.45) is 4.84. The van der Waals surface area contributed by atoms with Gasteiger partial charge in [-0.25, -0.2) is 4.98 Å². The molecule has 0 saturated heterocycles. The molecular formula is C15H15N3O2. The van der Waals surface area contributed by atoms with Crippen molar-refractivity contribution in [2.24, 2.45) is 5.92 Å². The van der Waals surface area contributed by atoms with Gasteiger partial charge >= 0.3 is 0 Å². The molecule has 0 radical (unpaired) electrons. The lowest BCUT2D eigenvalue weighted by molar-refractivity contribution is 0.0925. The van der Waals surface area contributed by atoms with Crippen molar-refractivity contribution in [3.05, 3.63) is 30.2 Å². The van der Waals surface area contributed by atoms with Crippen LogP contribution in [0.5, 0.6) is 0 Å². The summed E-state index contributed by atoms with van der Waals surface area (Å²) in [5.41, 5.74) is 1.94. The third kappa shape index (κ3) is 2.50. The van der Waals surface area contributed by atoms with Crippen LogP contribution in [0.25, 0.3) is 11.1 Å². The fourth-order valence-corrected chi connectivity index (χ4v) is 2.63. The molecule has 1 saturated carbocycles. The number of hydrogen-bond donors (Lipinski definition) is 1. The number of nitrogens with one attached hydrogen (secondary N) is 1. The number of nitrogens with zero attached hydrogens (tertiary/aromatic N) is 2. The monoisotopic (exact) mass is 269 g/mol. The van der Waals surface area contributed by atoms with Crippen molar-refractivity contribution in [2.75, 3.05) is 0 Å². The lowest BCUT2D eigenvalue weighted by Gasteiger charge is -2.25. The van der Waals surface area contributed by atoms with Gasteiger partial charge in [-0.2, -0.15) is 5.26 Å². The maximum atomic E-state index is 12.2. The number of carbonyl (C=O) groups is 1. The lowest BCUT2D eigenvalue weighted by Crippen LogP contribution is -2.37. The summed E-state index contributed by atoms with van der Waals surface area (Å²) in [6.45, 7) is 0. The van der Waals surface area contributed by atoms with Gasteiger partial charge in [0.1, 0.15) is 5.52 Å². The maximum Gasteiger partial charge on any atom is 0.251 e. The molecule has 20 heavy (non-hydrogen) atoms.